The number of carboxylic acids is 1. The van der Waals surface area contributed by atoms with Crippen LogP contribution in [-0.4, -0.2) is 17.4 Å². The first-order valence-corrected chi connectivity index (χ1v) is 5.04. The number of hydrogen-bond acceptors (Lipinski definition) is 3. The van der Waals surface area contributed by atoms with Gasteiger partial charge in [-0.2, -0.15) is 0 Å². The molecule has 1 heterocycles. The Hall–Kier alpha value is -2.44. The van der Waals surface area contributed by atoms with Gasteiger partial charge in [0.15, 0.2) is 0 Å². The summed E-state index contributed by atoms with van der Waals surface area (Å²) in [4.78, 5) is 10.6. The molecule has 0 spiro atoms. The molecule has 2 rings (SSSR count). The molecule has 0 bridgehead atoms. The van der Waals surface area contributed by atoms with E-state index in [1.807, 2.05) is 0 Å². The van der Waals surface area contributed by atoms with Crippen molar-refractivity contribution in [3.8, 4) is 17.1 Å². The van der Waals surface area contributed by atoms with E-state index in [9.17, 15) is 18.0 Å². The SMILES string of the molecule is O=C(O)c1ccc(-c2ccc(OC(F)(F)F)cc2)o1. The highest BCUT2D eigenvalue weighted by Gasteiger charge is 2.31. The van der Waals surface area contributed by atoms with E-state index in [4.69, 9.17) is 9.52 Å². The minimum atomic E-state index is -4.75. The molecule has 7 heteroatoms. The summed E-state index contributed by atoms with van der Waals surface area (Å²) in [5, 5.41) is 8.68. The van der Waals surface area contributed by atoms with Crippen molar-refractivity contribution in [2.24, 2.45) is 0 Å². The lowest BCUT2D eigenvalue weighted by atomic mass is 10.2. The normalized spacial score (nSPS) is 11.3. The number of aromatic carboxylic acids is 1. The molecule has 0 aliphatic rings. The van der Waals surface area contributed by atoms with E-state index in [2.05, 4.69) is 4.74 Å². The first-order chi connectivity index (χ1) is 8.85. The van der Waals surface area contributed by atoms with E-state index < -0.39 is 12.3 Å². The minimum Gasteiger partial charge on any atom is -0.475 e. The van der Waals surface area contributed by atoms with E-state index in [-0.39, 0.29) is 17.3 Å². The molecule has 1 aromatic heterocycles. The van der Waals surface area contributed by atoms with E-state index in [1.54, 1.807) is 0 Å². The maximum atomic E-state index is 12.0. The Balaban J connectivity index is 2.20. The smallest absolute Gasteiger partial charge is 0.475 e. The highest BCUT2D eigenvalue weighted by atomic mass is 19.4. The van der Waals surface area contributed by atoms with Crippen molar-refractivity contribution < 1.29 is 32.2 Å². The number of rotatable bonds is 3. The molecule has 0 radical (unpaired) electrons. The first kappa shape index (κ1) is 13.0. The van der Waals surface area contributed by atoms with Crippen LogP contribution in [0.1, 0.15) is 10.6 Å². The predicted molar refractivity (Wildman–Crippen MR) is 57.8 cm³/mol. The summed E-state index contributed by atoms with van der Waals surface area (Å²) in [7, 11) is 0. The maximum absolute atomic E-state index is 12.0. The zero-order valence-electron chi connectivity index (χ0n) is 9.27. The molecule has 1 N–H and O–H groups in total. The number of halogens is 3. The zero-order chi connectivity index (χ0) is 14.0. The molecule has 0 aliphatic carbocycles. The summed E-state index contributed by atoms with van der Waals surface area (Å²) in [6.45, 7) is 0. The van der Waals surface area contributed by atoms with Gasteiger partial charge in [0.1, 0.15) is 11.5 Å². The van der Waals surface area contributed by atoms with E-state index >= 15 is 0 Å². The van der Waals surface area contributed by atoms with E-state index in [1.165, 1.54) is 24.3 Å². The molecule has 0 saturated carbocycles. The molecule has 100 valence electrons. The molecular formula is C12H7F3O4. The average Bonchev–Trinajstić information content (AvgIpc) is 2.77. The monoisotopic (exact) mass is 272 g/mol. The van der Waals surface area contributed by atoms with Gasteiger partial charge in [-0.25, -0.2) is 4.79 Å². The van der Waals surface area contributed by atoms with Crippen LogP contribution in [-0.2, 0) is 0 Å². The van der Waals surface area contributed by atoms with Gasteiger partial charge in [-0.05, 0) is 36.4 Å². The summed E-state index contributed by atoms with van der Waals surface area (Å²) >= 11 is 0. The Kier molecular flexibility index (Phi) is 3.20. The van der Waals surface area contributed by atoms with Crippen molar-refractivity contribution in [1.29, 1.82) is 0 Å². The van der Waals surface area contributed by atoms with Gasteiger partial charge in [-0.15, -0.1) is 13.2 Å². The standard InChI is InChI=1S/C12H7F3O4/c13-12(14,15)19-8-3-1-7(2-4-8)9-5-6-10(18-9)11(16)17/h1-6H,(H,16,17). The van der Waals surface area contributed by atoms with Crippen LogP contribution in [0.2, 0.25) is 0 Å². The van der Waals surface area contributed by atoms with Crippen molar-refractivity contribution in [3.05, 3.63) is 42.2 Å². The quantitative estimate of drug-likeness (QED) is 0.928. The van der Waals surface area contributed by atoms with Crippen LogP contribution in [0, 0.1) is 0 Å². The third-order valence-corrected chi connectivity index (χ3v) is 2.19. The lowest BCUT2D eigenvalue weighted by Gasteiger charge is -2.08. The van der Waals surface area contributed by atoms with Gasteiger partial charge in [0.25, 0.3) is 0 Å². The molecule has 19 heavy (non-hydrogen) atoms. The summed E-state index contributed by atoms with van der Waals surface area (Å²) in [6.07, 6.45) is -4.75. The molecule has 1 aromatic carbocycles. The maximum Gasteiger partial charge on any atom is 0.573 e. The van der Waals surface area contributed by atoms with Crippen LogP contribution in [0.15, 0.2) is 40.8 Å². The van der Waals surface area contributed by atoms with Gasteiger partial charge in [-0.1, -0.05) is 0 Å². The Labute approximate surface area is 105 Å². The van der Waals surface area contributed by atoms with Crippen molar-refractivity contribution in [2.45, 2.75) is 6.36 Å². The largest absolute Gasteiger partial charge is 0.573 e. The fourth-order valence-electron chi connectivity index (χ4n) is 1.43. The third kappa shape index (κ3) is 3.27. The average molecular weight is 272 g/mol. The Morgan fingerprint density at radius 3 is 2.21 bits per heavy atom. The number of furan rings is 1. The van der Waals surface area contributed by atoms with Crippen molar-refractivity contribution in [3.63, 3.8) is 0 Å². The van der Waals surface area contributed by atoms with Crippen LogP contribution in [0.25, 0.3) is 11.3 Å². The summed E-state index contributed by atoms with van der Waals surface area (Å²) < 4.78 is 44.6. The number of hydrogen-bond donors (Lipinski definition) is 1. The molecule has 0 unspecified atom stereocenters. The van der Waals surface area contributed by atoms with Crippen LogP contribution < -0.4 is 4.74 Å². The second-order valence-corrected chi connectivity index (χ2v) is 3.54. The highest BCUT2D eigenvalue weighted by molar-refractivity contribution is 5.85. The zero-order valence-corrected chi connectivity index (χ0v) is 9.27. The van der Waals surface area contributed by atoms with Gasteiger partial charge in [0, 0.05) is 5.56 Å². The van der Waals surface area contributed by atoms with Gasteiger partial charge >= 0.3 is 12.3 Å². The molecule has 0 atom stereocenters. The molecule has 0 saturated heterocycles. The second kappa shape index (κ2) is 4.68. The van der Waals surface area contributed by atoms with Crippen LogP contribution >= 0.6 is 0 Å². The molecule has 4 nitrogen and oxygen atoms in total. The van der Waals surface area contributed by atoms with Gasteiger partial charge in [0.2, 0.25) is 5.76 Å². The van der Waals surface area contributed by atoms with E-state index in [0.29, 0.717) is 5.56 Å². The molecule has 0 fully saturated rings. The lowest BCUT2D eigenvalue weighted by molar-refractivity contribution is -0.274. The fourth-order valence-corrected chi connectivity index (χ4v) is 1.43. The van der Waals surface area contributed by atoms with Crippen molar-refractivity contribution in [1.82, 2.24) is 0 Å². The van der Waals surface area contributed by atoms with Gasteiger partial charge < -0.3 is 14.3 Å². The summed E-state index contributed by atoms with van der Waals surface area (Å²) in [5.41, 5.74) is 0.446. The Morgan fingerprint density at radius 1 is 1.11 bits per heavy atom. The molecule has 0 aliphatic heterocycles. The number of carboxylic acid groups (broad SMARTS) is 1. The van der Waals surface area contributed by atoms with Crippen molar-refractivity contribution in [2.75, 3.05) is 0 Å². The lowest BCUT2D eigenvalue weighted by Crippen LogP contribution is -2.16. The van der Waals surface area contributed by atoms with Gasteiger partial charge in [-0.3, -0.25) is 0 Å². The number of carbonyl (C=O) groups is 1. The Bertz CT molecular complexity index is 584. The predicted octanol–water partition coefficient (Wildman–Crippen LogP) is 3.54. The van der Waals surface area contributed by atoms with Crippen molar-refractivity contribution >= 4 is 5.97 Å². The molecule has 2 aromatic rings. The highest BCUT2D eigenvalue weighted by Crippen LogP contribution is 2.27. The number of ether oxygens (including phenoxy) is 1. The number of alkyl halides is 3. The minimum absolute atomic E-state index is 0.245. The first-order valence-electron chi connectivity index (χ1n) is 5.04. The van der Waals surface area contributed by atoms with Crippen LogP contribution in [0.3, 0.4) is 0 Å². The third-order valence-electron chi connectivity index (χ3n) is 2.19. The van der Waals surface area contributed by atoms with Crippen LogP contribution in [0.4, 0.5) is 13.2 Å². The molecule has 0 amide bonds. The fraction of sp³-hybridized carbons (Fsp3) is 0.0833. The van der Waals surface area contributed by atoms with Crippen LogP contribution in [0.5, 0.6) is 5.75 Å². The second-order valence-electron chi connectivity index (χ2n) is 3.54. The summed E-state index contributed by atoms with van der Waals surface area (Å²) in [6, 6.07) is 7.59. The summed E-state index contributed by atoms with van der Waals surface area (Å²) in [5.74, 6) is -1.58. The number of benzene rings is 1. The molecular weight excluding hydrogens is 265 g/mol. The topological polar surface area (TPSA) is 59.7 Å². The van der Waals surface area contributed by atoms with Gasteiger partial charge in [0.05, 0.1) is 0 Å². The Morgan fingerprint density at radius 2 is 1.74 bits per heavy atom. The van der Waals surface area contributed by atoms with E-state index in [0.717, 1.165) is 12.1 Å².